The number of nitrogens with zero attached hydrogens (tertiary/aromatic N) is 2. The molecule has 1 fully saturated rings. The van der Waals surface area contributed by atoms with E-state index in [4.69, 9.17) is 23.2 Å². The molecule has 1 amide bonds. The summed E-state index contributed by atoms with van der Waals surface area (Å²) in [4.78, 5) is 18.6. The molecular weight excluding hydrogens is 371 g/mol. The highest BCUT2D eigenvalue weighted by atomic mass is 35.5. The molecule has 0 unspecified atom stereocenters. The van der Waals surface area contributed by atoms with Crippen molar-refractivity contribution < 1.29 is 4.79 Å². The minimum absolute atomic E-state index is 0.185. The summed E-state index contributed by atoms with van der Waals surface area (Å²) in [6.45, 7) is 1.78. The Bertz CT molecular complexity index is 699. The van der Waals surface area contributed by atoms with Crippen molar-refractivity contribution in [3.05, 3.63) is 44.9 Å². The zero-order valence-electron chi connectivity index (χ0n) is 12.4. The predicted octanol–water partition coefficient (Wildman–Crippen LogP) is 4.91. The maximum atomic E-state index is 12.1. The second kappa shape index (κ2) is 7.88. The number of hydrogen-bond acceptors (Lipinski definition) is 4. The van der Waals surface area contributed by atoms with E-state index in [1.54, 1.807) is 29.2 Å². The summed E-state index contributed by atoms with van der Waals surface area (Å²) in [6, 6.07) is 5.52. The van der Waals surface area contributed by atoms with Gasteiger partial charge in [-0.25, -0.2) is 4.98 Å². The van der Waals surface area contributed by atoms with Crippen molar-refractivity contribution in [2.24, 2.45) is 0 Å². The molecule has 0 atom stereocenters. The average Bonchev–Trinajstić information content (AvgIpc) is 3.17. The first-order valence-electron chi connectivity index (χ1n) is 7.41. The summed E-state index contributed by atoms with van der Waals surface area (Å²) in [5, 5.41) is 3.28. The van der Waals surface area contributed by atoms with E-state index < -0.39 is 0 Å². The Morgan fingerprint density at radius 3 is 2.83 bits per heavy atom. The Balaban J connectivity index is 1.55. The van der Waals surface area contributed by atoms with Crippen molar-refractivity contribution in [3.8, 4) is 0 Å². The third-order valence-corrected chi connectivity index (χ3v) is 6.39. The highest BCUT2D eigenvalue weighted by Gasteiger charge is 2.19. The van der Waals surface area contributed by atoms with E-state index in [0.717, 1.165) is 47.3 Å². The topological polar surface area (TPSA) is 33.2 Å². The van der Waals surface area contributed by atoms with Gasteiger partial charge >= 0.3 is 0 Å². The Labute approximate surface area is 154 Å². The van der Waals surface area contributed by atoms with E-state index >= 15 is 0 Å². The molecule has 0 N–H and O–H groups in total. The molecule has 0 spiro atoms. The zero-order valence-corrected chi connectivity index (χ0v) is 15.6. The van der Waals surface area contributed by atoms with Crippen LogP contribution in [0, 0.1) is 0 Å². The van der Waals surface area contributed by atoms with Crippen LogP contribution in [0.3, 0.4) is 0 Å². The number of thioether (sulfide) groups is 1. The van der Waals surface area contributed by atoms with Crippen molar-refractivity contribution in [1.29, 1.82) is 0 Å². The molecule has 1 aliphatic rings. The third-order valence-electron chi connectivity index (χ3n) is 3.69. The summed E-state index contributed by atoms with van der Waals surface area (Å²) in [5.41, 5.74) is 1.89. The number of carbonyl (C=O) groups is 1. The van der Waals surface area contributed by atoms with E-state index in [2.05, 4.69) is 4.98 Å². The summed E-state index contributed by atoms with van der Waals surface area (Å²) < 4.78 is 0.959. The normalized spacial score (nSPS) is 14.4. The molecule has 0 radical (unpaired) electrons. The zero-order chi connectivity index (χ0) is 16.2. The van der Waals surface area contributed by atoms with Crippen LogP contribution < -0.4 is 0 Å². The van der Waals surface area contributed by atoms with Crippen LogP contribution in [0.4, 0.5) is 0 Å². The highest BCUT2D eigenvalue weighted by Crippen LogP contribution is 2.30. The predicted molar refractivity (Wildman–Crippen MR) is 97.7 cm³/mol. The average molecular weight is 387 g/mol. The van der Waals surface area contributed by atoms with Gasteiger partial charge in [0.05, 0.1) is 12.1 Å². The van der Waals surface area contributed by atoms with Crippen LogP contribution in [0.25, 0.3) is 0 Å². The van der Waals surface area contributed by atoms with Crippen molar-refractivity contribution >= 4 is 52.2 Å². The van der Waals surface area contributed by atoms with E-state index in [1.165, 1.54) is 0 Å². The lowest BCUT2D eigenvalue weighted by atomic mass is 10.2. The van der Waals surface area contributed by atoms with Gasteiger partial charge in [-0.1, -0.05) is 41.0 Å². The van der Waals surface area contributed by atoms with Crippen LogP contribution in [-0.2, 0) is 17.0 Å². The first-order chi connectivity index (χ1) is 11.1. The number of hydrogen-bond donors (Lipinski definition) is 0. The number of carbonyl (C=O) groups excluding carboxylic acids is 1. The lowest BCUT2D eigenvalue weighted by Crippen LogP contribution is -2.29. The van der Waals surface area contributed by atoms with Crippen molar-refractivity contribution in [3.63, 3.8) is 0 Å². The molecular formula is C16H16Cl2N2OS2. The molecule has 0 aliphatic carbocycles. The second-order valence-electron chi connectivity index (χ2n) is 5.39. The van der Waals surface area contributed by atoms with Gasteiger partial charge in [-0.3, -0.25) is 4.79 Å². The summed E-state index contributed by atoms with van der Waals surface area (Å²) >= 11 is 15.3. The first kappa shape index (κ1) is 17.1. The molecule has 0 bridgehead atoms. The molecule has 1 saturated heterocycles. The smallest absolute Gasteiger partial charge is 0.228 e. The number of thiazole rings is 1. The van der Waals surface area contributed by atoms with Crippen LogP contribution >= 0.6 is 46.3 Å². The van der Waals surface area contributed by atoms with Crippen molar-refractivity contribution in [2.45, 2.75) is 29.4 Å². The Kier molecular flexibility index (Phi) is 5.85. The number of halogens is 2. The Morgan fingerprint density at radius 2 is 2.09 bits per heavy atom. The lowest BCUT2D eigenvalue weighted by Gasteiger charge is -2.13. The van der Waals surface area contributed by atoms with E-state index in [9.17, 15) is 4.79 Å². The van der Waals surface area contributed by atoms with E-state index in [-0.39, 0.29) is 5.91 Å². The van der Waals surface area contributed by atoms with Gasteiger partial charge in [-0.2, -0.15) is 0 Å². The van der Waals surface area contributed by atoms with Crippen LogP contribution in [0.1, 0.15) is 24.1 Å². The lowest BCUT2D eigenvalue weighted by molar-refractivity contribution is -0.129. The standard InChI is InChI=1S/C16H16Cl2N2OS2/c17-12-4-3-11(14(18)7-12)9-22-16-19-13(10-23-16)8-15(21)20-5-1-2-6-20/h3-4,7,10H,1-2,5-6,8-9H2. The fraction of sp³-hybridized carbons (Fsp3) is 0.375. The van der Waals surface area contributed by atoms with Gasteiger partial charge in [0.25, 0.3) is 0 Å². The molecule has 1 aromatic carbocycles. The first-order valence-corrected chi connectivity index (χ1v) is 10.0. The van der Waals surface area contributed by atoms with E-state index in [0.29, 0.717) is 16.5 Å². The Morgan fingerprint density at radius 1 is 1.30 bits per heavy atom. The maximum absolute atomic E-state index is 12.1. The molecule has 3 nitrogen and oxygen atoms in total. The van der Waals surface area contributed by atoms with Gasteiger partial charge in [0.1, 0.15) is 4.34 Å². The molecule has 2 heterocycles. The van der Waals surface area contributed by atoms with Gasteiger partial charge in [0.2, 0.25) is 5.91 Å². The SMILES string of the molecule is O=C(Cc1csc(SCc2ccc(Cl)cc2Cl)n1)N1CCCC1. The molecule has 2 aromatic rings. The van der Waals surface area contributed by atoms with Crippen LogP contribution in [0.2, 0.25) is 10.0 Å². The van der Waals surface area contributed by atoms with Crippen molar-refractivity contribution in [2.75, 3.05) is 13.1 Å². The van der Waals surface area contributed by atoms with Crippen LogP contribution in [-0.4, -0.2) is 28.9 Å². The van der Waals surface area contributed by atoms with Crippen LogP contribution in [0.15, 0.2) is 27.9 Å². The number of aromatic nitrogens is 1. The summed E-state index contributed by atoms with van der Waals surface area (Å²) in [7, 11) is 0. The summed E-state index contributed by atoms with van der Waals surface area (Å²) in [6.07, 6.45) is 2.64. The molecule has 3 rings (SSSR count). The van der Waals surface area contributed by atoms with Crippen molar-refractivity contribution in [1.82, 2.24) is 9.88 Å². The van der Waals surface area contributed by atoms with Gasteiger partial charge in [-0.15, -0.1) is 11.3 Å². The molecule has 1 aromatic heterocycles. The molecule has 122 valence electrons. The number of rotatable bonds is 5. The van der Waals surface area contributed by atoms with Gasteiger partial charge in [0, 0.05) is 34.3 Å². The minimum atomic E-state index is 0.185. The fourth-order valence-electron chi connectivity index (χ4n) is 2.45. The largest absolute Gasteiger partial charge is 0.342 e. The van der Waals surface area contributed by atoms with Gasteiger partial charge < -0.3 is 4.90 Å². The molecule has 1 aliphatic heterocycles. The third kappa shape index (κ3) is 4.63. The molecule has 7 heteroatoms. The highest BCUT2D eigenvalue weighted by molar-refractivity contribution is 8.00. The molecule has 23 heavy (non-hydrogen) atoms. The second-order valence-corrected chi connectivity index (χ2v) is 8.32. The maximum Gasteiger partial charge on any atom is 0.228 e. The number of amides is 1. The minimum Gasteiger partial charge on any atom is -0.342 e. The molecule has 0 saturated carbocycles. The van der Waals surface area contributed by atoms with Gasteiger partial charge in [-0.05, 0) is 30.5 Å². The van der Waals surface area contributed by atoms with Crippen LogP contribution in [0.5, 0.6) is 0 Å². The Hall–Kier alpha value is -0.750. The monoisotopic (exact) mass is 386 g/mol. The summed E-state index contributed by atoms with van der Waals surface area (Å²) in [5.74, 6) is 0.924. The quantitative estimate of drug-likeness (QED) is 0.684. The number of likely N-dealkylation sites (tertiary alicyclic amines) is 1. The van der Waals surface area contributed by atoms with E-state index in [1.807, 2.05) is 22.4 Å². The fourth-order valence-corrected chi connectivity index (χ4v) is 4.85. The van der Waals surface area contributed by atoms with Gasteiger partial charge in [0.15, 0.2) is 0 Å². The number of benzene rings is 1.